The van der Waals surface area contributed by atoms with Crippen LogP contribution in [-0.2, 0) is 39.0 Å². The van der Waals surface area contributed by atoms with E-state index in [-0.39, 0.29) is 15.1 Å². The summed E-state index contributed by atoms with van der Waals surface area (Å²) >= 11 is 0.897. The maximum Gasteiger partial charge on any atom is 0.413 e. The molecule has 2 heterocycles. The van der Waals surface area contributed by atoms with Crippen LogP contribution in [0.3, 0.4) is 0 Å². The van der Waals surface area contributed by atoms with Crippen molar-refractivity contribution < 1.29 is 46.5 Å². The number of rotatable bonds is 8. The van der Waals surface area contributed by atoms with Crippen LogP contribution in [0.5, 0.6) is 0 Å². The Bertz CT molecular complexity index is 1280. The lowest BCUT2D eigenvalue weighted by molar-refractivity contribution is -0.179. The van der Waals surface area contributed by atoms with E-state index < -0.39 is 68.9 Å². The molecule has 1 aromatic rings. The molecule has 2 rings (SSSR count). The second kappa shape index (κ2) is 11.0. The number of nitrogens with two attached hydrogens (primary N) is 1. The average Bonchev–Trinajstić information content (AvgIpc) is 3.16. The summed E-state index contributed by atoms with van der Waals surface area (Å²) in [5, 5.41) is 9.70. The van der Waals surface area contributed by atoms with Gasteiger partial charge in [0.05, 0.1) is 0 Å². The number of β-lactam (4-membered cyclic amide) rings is 1. The molecule has 0 aromatic carbocycles. The van der Waals surface area contributed by atoms with E-state index in [4.69, 9.17) is 24.6 Å². The lowest BCUT2D eigenvalue weighted by Gasteiger charge is -2.41. The van der Waals surface area contributed by atoms with Crippen molar-refractivity contribution in [3.05, 3.63) is 11.1 Å². The molecule has 1 aliphatic rings. The summed E-state index contributed by atoms with van der Waals surface area (Å²) < 4.78 is 42.2. The SMILES string of the molecule is CC(C)(C)OC(=O)Nc1nc(/C(=N/OC(C)(C)C(=O)OC(C)(C)C)C(=O)N[C@@H]2C(=O)N(S(=O)(=O)O)[C@@H]2N)cs1. The van der Waals surface area contributed by atoms with E-state index in [0.29, 0.717) is 0 Å². The Kier molecular flexibility index (Phi) is 9.01. The normalized spacial score (nSPS) is 18.7. The highest BCUT2D eigenvalue weighted by molar-refractivity contribution is 7.84. The molecule has 2 atom stereocenters. The number of carbonyl (C=O) groups is 4. The van der Waals surface area contributed by atoms with Crippen LogP contribution in [0, 0.1) is 0 Å². The number of amides is 3. The van der Waals surface area contributed by atoms with Crippen molar-refractivity contribution in [3.8, 4) is 0 Å². The molecule has 18 heteroatoms. The number of oxime groups is 1. The molecule has 16 nitrogen and oxygen atoms in total. The number of ether oxygens (including phenoxy) is 2. The summed E-state index contributed by atoms with van der Waals surface area (Å²) in [6.07, 6.45) is -2.42. The Labute approximate surface area is 229 Å². The van der Waals surface area contributed by atoms with Crippen molar-refractivity contribution in [1.29, 1.82) is 0 Å². The Morgan fingerprint density at radius 2 is 1.67 bits per heavy atom. The summed E-state index contributed by atoms with van der Waals surface area (Å²) in [5.74, 6) is -3.09. The zero-order valence-electron chi connectivity index (χ0n) is 22.6. The average molecular weight is 593 g/mol. The topological polar surface area (TPSA) is 229 Å². The lowest BCUT2D eigenvalue weighted by atomic mass is 10.1. The highest BCUT2D eigenvalue weighted by Gasteiger charge is 2.52. The number of nitrogens with one attached hydrogen (secondary N) is 2. The summed E-state index contributed by atoms with van der Waals surface area (Å²) in [6.45, 7) is 12.6. The van der Waals surface area contributed by atoms with Gasteiger partial charge in [0.2, 0.25) is 5.60 Å². The van der Waals surface area contributed by atoms with Gasteiger partial charge in [0.25, 0.3) is 11.8 Å². The minimum Gasteiger partial charge on any atom is -0.457 e. The smallest absolute Gasteiger partial charge is 0.413 e. The number of thiazole rings is 1. The van der Waals surface area contributed by atoms with Crippen LogP contribution in [0.25, 0.3) is 0 Å². The first-order chi connectivity index (χ1) is 17.5. The van der Waals surface area contributed by atoms with E-state index in [0.717, 1.165) is 11.3 Å². The van der Waals surface area contributed by atoms with E-state index in [9.17, 15) is 27.6 Å². The number of hydrogen-bond donors (Lipinski definition) is 4. The van der Waals surface area contributed by atoms with E-state index in [1.54, 1.807) is 41.5 Å². The first-order valence-corrected chi connectivity index (χ1v) is 13.6. The predicted octanol–water partition coefficient (Wildman–Crippen LogP) is 0.746. The molecule has 0 saturated carbocycles. The maximum absolute atomic E-state index is 13.1. The van der Waals surface area contributed by atoms with Crippen molar-refractivity contribution in [3.63, 3.8) is 0 Å². The van der Waals surface area contributed by atoms with Gasteiger partial charge in [0.15, 0.2) is 10.8 Å². The summed E-state index contributed by atoms with van der Waals surface area (Å²) in [6, 6.07) is -1.54. The number of carbonyl (C=O) groups excluding carboxylic acids is 4. The fourth-order valence-electron chi connectivity index (χ4n) is 2.74. The second-order valence-corrected chi connectivity index (χ2v) is 12.9. The molecule has 0 unspecified atom stereocenters. The Morgan fingerprint density at radius 1 is 1.10 bits per heavy atom. The van der Waals surface area contributed by atoms with Gasteiger partial charge in [-0.25, -0.2) is 14.6 Å². The molecule has 3 amide bonds. The molecule has 1 fully saturated rings. The Morgan fingerprint density at radius 3 is 2.15 bits per heavy atom. The molecule has 1 aromatic heterocycles. The largest absolute Gasteiger partial charge is 0.457 e. The van der Waals surface area contributed by atoms with Gasteiger partial charge in [-0.3, -0.25) is 19.5 Å². The number of anilines is 1. The van der Waals surface area contributed by atoms with Crippen molar-refractivity contribution in [1.82, 2.24) is 14.6 Å². The number of esters is 1. The molecular weight excluding hydrogens is 560 g/mol. The number of aromatic nitrogens is 1. The van der Waals surface area contributed by atoms with Crippen LogP contribution >= 0.6 is 11.3 Å². The molecule has 1 saturated heterocycles. The van der Waals surface area contributed by atoms with Gasteiger partial charge in [-0.05, 0) is 55.4 Å². The van der Waals surface area contributed by atoms with Crippen LogP contribution in [-0.4, -0.2) is 80.9 Å². The summed E-state index contributed by atoms with van der Waals surface area (Å²) in [7, 11) is -4.94. The summed E-state index contributed by atoms with van der Waals surface area (Å²) in [4.78, 5) is 59.4. The molecule has 218 valence electrons. The highest BCUT2D eigenvalue weighted by atomic mass is 32.2. The number of hydrogen-bond acceptors (Lipinski definition) is 13. The molecule has 1 aliphatic heterocycles. The molecule has 39 heavy (non-hydrogen) atoms. The first kappa shape index (κ1) is 31.9. The van der Waals surface area contributed by atoms with E-state index in [1.807, 2.05) is 0 Å². The molecule has 0 bridgehead atoms. The van der Waals surface area contributed by atoms with Crippen molar-refractivity contribution >= 4 is 56.4 Å². The molecule has 0 aliphatic carbocycles. The van der Waals surface area contributed by atoms with Crippen LogP contribution in [0.2, 0.25) is 0 Å². The lowest BCUT2D eigenvalue weighted by Crippen LogP contribution is -2.75. The van der Waals surface area contributed by atoms with Gasteiger partial charge in [-0.2, -0.15) is 12.7 Å². The minimum absolute atomic E-state index is 0.0113. The molecule has 5 N–H and O–H groups in total. The van der Waals surface area contributed by atoms with Crippen LogP contribution < -0.4 is 16.4 Å². The third kappa shape index (κ3) is 8.57. The van der Waals surface area contributed by atoms with Crippen LogP contribution in [0.15, 0.2) is 10.5 Å². The maximum atomic E-state index is 13.1. The third-order valence-electron chi connectivity index (χ3n) is 4.46. The van der Waals surface area contributed by atoms with E-state index >= 15 is 0 Å². The third-order valence-corrected chi connectivity index (χ3v) is 6.13. The first-order valence-electron chi connectivity index (χ1n) is 11.3. The zero-order chi connectivity index (χ0) is 30.1. The predicted molar refractivity (Wildman–Crippen MR) is 138 cm³/mol. The minimum atomic E-state index is -4.94. The van der Waals surface area contributed by atoms with Crippen LogP contribution in [0.4, 0.5) is 9.93 Å². The van der Waals surface area contributed by atoms with Crippen molar-refractivity contribution in [2.24, 2.45) is 10.9 Å². The van der Waals surface area contributed by atoms with Gasteiger partial charge in [0.1, 0.15) is 29.1 Å². The highest BCUT2D eigenvalue weighted by Crippen LogP contribution is 2.23. The van der Waals surface area contributed by atoms with Gasteiger partial charge < -0.3 is 25.4 Å². The number of nitrogens with zero attached hydrogens (tertiary/aromatic N) is 3. The second-order valence-electron chi connectivity index (χ2n) is 10.8. The quantitative estimate of drug-likeness (QED) is 0.108. The Hall–Kier alpha value is -3.35. The van der Waals surface area contributed by atoms with Crippen LogP contribution in [0.1, 0.15) is 61.1 Å². The zero-order valence-corrected chi connectivity index (χ0v) is 24.2. The molecule has 0 spiro atoms. The monoisotopic (exact) mass is 592 g/mol. The van der Waals surface area contributed by atoms with Gasteiger partial charge >= 0.3 is 22.4 Å². The molecule has 0 radical (unpaired) electrons. The Balaban J connectivity index is 2.34. The fourth-order valence-corrected chi connectivity index (χ4v) is 4.19. The summed E-state index contributed by atoms with van der Waals surface area (Å²) in [5.41, 5.74) is 1.61. The molecular formula is C21H32N6O10S2. The van der Waals surface area contributed by atoms with E-state index in [2.05, 4.69) is 20.8 Å². The van der Waals surface area contributed by atoms with E-state index in [1.165, 1.54) is 19.2 Å². The van der Waals surface area contributed by atoms with Gasteiger partial charge in [-0.1, -0.05) is 5.16 Å². The van der Waals surface area contributed by atoms with Crippen molar-refractivity contribution in [2.75, 3.05) is 5.32 Å². The van der Waals surface area contributed by atoms with Gasteiger partial charge in [-0.15, -0.1) is 11.3 Å². The van der Waals surface area contributed by atoms with Crippen molar-refractivity contribution in [2.45, 2.75) is 84.4 Å². The standard InChI is InChI=1S/C21H32N6O10S2/c1-19(2,3)35-16(30)21(7,8)37-26-11(10-9-38-17(23-10)25-18(31)36-20(4,5)6)14(28)24-12-13(22)27(15(12)29)39(32,33)34/h9,12-13H,22H2,1-8H3,(H,24,28)(H,23,25,31)(H,32,33,34)/b26-11-/t12-,13-/m0/s1. The fraction of sp³-hybridized carbons (Fsp3) is 0.619. The van der Waals surface area contributed by atoms with Gasteiger partial charge in [0, 0.05) is 5.38 Å².